The first-order chi connectivity index (χ1) is 9.29. The van der Waals surface area contributed by atoms with Crippen molar-refractivity contribution in [2.45, 2.75) is 39.8 Å². The number of aromatic nitrogens is 2. The lowest BCUT2D eigenvalue weighted by molar-refractivity contribution is 0.548. The molecule has 20 heavy (non-hydrogen) atoms. The van der Waals surface area contributed by atoms with Crippen LogP contribution in [0.2, 0.25) is 0 Å². The van der Waals surface area contributed by atoms with E-state index < -0.39 is 0 Å². The molecule has 2 rings (SSSR count). The fourth-order valence-corrected chi connectivity index (χ4v) is 2.24. The summed E-state index contributed by atoms with van der Waals surface area (Å²) in [5.74, 6) is 0. The van der Waals surface area contributed by atoms with Crippen LogP contribution in [0.25, 0.3) is 0 Å². The Morgan fingerprint density at radius 2 is 1.95 bits per heavy atom. The summed E-state index contributed by atoms with van der Waals surface area (Å²) in [6.07, 6.45) is 2.19. The first-order valence-electron chi connectivity index (χ1n) is 7.07. The average molecular weight is 294 g/mol. The van der Waals surface area contributed by atoms with E-state index in [-0.39, 0.29) is 12.4 Å². The molecule has 1 aromatic heterocycles. The number of nitrogens with zero attached hydrogens (tertiary/aromatic N) is 2. The molecule has 0 fully saturated rings. The quantitative estimate of drug-likeness (QED) is 0.794. The third-order valence-electron chi connectivity index (χ3n) is 3.16. The van der Waals surface area contributed by atoms with Gasteiger partial charge in [-0.25, -0.2) is 0 Å². The lowest BCUT2D eigenvalue weighted by atomic mass is 10.1. The predicted octanol–water partition coefficient (Wildman–Crippen LogP) is 3.36. The van der Waals surface area contributed by atoms with Gasteiger partial charge in [-0.05, 0) is 37.9 Å². The largest absolute Gasteiger partial charge is 0.311 e. The Balaban J connectivity index is 0.00000200. The van der Waals surface area contributed by atoms with Gasteiger partial charge in [0.2, 0.25) is 0 Å². The second-order valence-corrected chi connectivity index (χ2v) is 4.91. The van der Waals surface area contributed by atoms with Crippen LogP contribution in [0.4, 0.5) is 0 Å². The van der Waals surface area contributed by atoms with E-state index in [1.54, 1.807) is 0 Å². The molecule has 0 spiro atoms. The van der Waals surface area contributed by atoms with E-state index in [0.29, 0.717) is 0 Å². The summed E-state index contributed by atoms with van der Waals surface area (Å²) >= 11 is 0. The molecule has 1 aromatic carbocycles. The van der Waals surface area contributed by atoms with Crippen LogP contribution >= 0.6 is 12.4 Å². The molecule has 0 unspecified atom stereocenters. The molecule has 0 aliphatic heterocycles. The van der Waals surface area contributed by atoms with Crippen molar-refractivity contribution in [3.63, 3.8) is 0 Å². The van der Waals surface area contributed by atoms with Crippen molar-refractivity contribution in [2.75, 3.05) is 6.54 Å². The average Bonchev–Trinajstić information content (AvgIpc) is 2.77. The Kier molecular flexibility index (Phi) is 7.34. The Bertz CT molecular complexity index is 494. The maximum absolute atomic E-state index is 4.51. The second-order valence-electron chi connectivity index (χ2n) is 4.91. The van der Waals surface area contributed by atoms with Crippen molar-refractivity contribution >= 4 is 12.4 Å². The standard InChI is InChI=1S/C16H23N3.ClH/c1-3-11-19-16(12-14(2)18-19)13-17-10-9-15-7-5-4-6-8-15;/h4-8,12,17H,3,9-11,13H2,1-2H3;1H. The van der Waals surface area contributed by atoms with Gasteiger partial charge in [-0.2, -0.15) is 5.10 Å². The van der Waals surface area contributed by atoms with E-state index in [1.165, 1.54) is 11.3 Å². The van der Waals surface area contributed by atoms with Gasteiger partial charge in [0.15, 0.2) is 0 Å². The molecular formula is C16H24ClN3. The van der Waals surface area contributed by atoms with Gasteiger partial charge in [-0.1, -0.05) is 37.3 Å². The van der Waals surface area contributed by atoms with Gasteiger partial charge in [0, 0.05) is 13.1 Å². The minimum Gasteiger partial charge on any atom is -0.311 e. The SMILES string of the molecule is CCCn1nc(C)cc1CNCCc1ccccc1.Cl. The molecule has 1 heterocycles. The van der Waals surface area contributed by atoms with E-state index in [2.05, 4.69) is 65.3 Å². The van der Waals surface area contributed by atoms with Gasteiger partial charge < -0.3 is 5.32 Å². The zero-order valence-electron chi connectivity index (χ0n) is 12.3. The van der Waals surface area contributed by atoms with Crippen LogP contribution in [0.5, 0.6) is 0 Å². The fraction of sp³-hybridized carbons (Fsp3) is 0.438. The van der Waals surface area contributed by atoms with E-state index in [0.717, 1.165) is 38.2 Å². The van der Waals surface area contributed by atoms with Crippen LogP contribution in [-0.4, -0.2) is 16.3 Å². The highest BCUT2D eigenvalue weighted by atomic mass is 35.5. The number of hydrogen-bond acceptors (Lipinski definition) is 2. The van der Waals surface area contributed by atoms with Crippen molar-refractivity contribution in [2.24, 2.45) is 0 Å². The Labute approximate surface area is 127 Å². The number of nitrogens with one attached hydrogen (secondary N) is 1. The zero-order chi connectivity index (χ0) is 13.5. The molecule has 0 amide bonds. The molecule has 3 nitrogen and oxygen atoms in total. The summed E-state index contributed by atoms with van der Waals surface area (Å²) in [4.78, 5) is 0. The number of hydrogen-bond donors (Lipinski definition) is 1. The van der Waals surface area contributed by atoms with Crippen molar-refractivity contribution in [1.29, 1.82) is 0 Å². The van der Waals surface area contributed by atoms with E-state index in [9.17, 15) is 0 Å². The van der Waals surface area contributed by atoms with Crippen LogP contribution in [0.3, 0.4) is 0 Å². The molecule has 2 aromatic rings. The highest BCUT2D eigenvalue weighted by molar-refractivity contribution is 5.85. The van der Waals surface area contributed by atoms with Crippen LogP contribution in [0, 0.1) is 6.92 Å². The fourth-order valence-electron chi connectivity index (χ4n) is 2.24. The Morgan fingerprint density at radius 1 is 1.20 bits per heavy atom. The highest BCUT2D eigenvalue weighted by Gasteiger charge is 2.03. The second kappa shape index (κ2) is 8.77. The molecule has 110 valence electrons. The van der Waals surface area contributed by atoms with Crippen molar-refractivity contribution in [3.05, 3.63) is 53.3 Å². The summed E-state index contributed by atoms with van der Waals surface area (Å²) in [5, 5.41) is 8.02. The Morgan fingerprint density at radius 3 is 2.65 bits per heavy atom. The minimum atomic E-state index is 0. The molecule has 4 heteroatoms. The van der Waals surface area contributed by atoms with Crippen LogP contribution < -0.4 is 5.32 Å². The first kappa shape index (κ1) is 16.7. The molecule has 0 aliphatic rings. The lowest BCUT2D eigenvalue weighted by Crippen LogP contribution is -2.19. The summed E-state index contributed by atoms with van der Waals surface area (Å²) in [6, 6.07) is 12.8. The highest BCUT2D eigenvalue weighted by Crippen LogP contribution is 2.05. The van der Waals surface area contributed by atoms with Crippen LogP contribution in [-0.2, 0) is 19.5 Å². The molecular weight excluding hydrogens is 270 g/mol. The first-order valence-corrected chi connectivity index (χ1v) is 7.07. The topological polar surface area (TPSA) is 29.9 Å². The molecule has 0 saturated carbocycles. The molecule has 1 N–H and O–H groups in total. The van der Waals surface area contributed by atoms with Gasteiger partial charge in [-0.3, -0.25) is 4.68 Å². The monoisotopic (exact) mass is 293 g/mol. The maximum atomic E-state index is 4.51. The lowest BCUT2D eigenvalue weighted by Gasteiger charge is -2.07. The molecule has 0 bridgehead atoms. The molecule has 0 radical (unpaired) electrons. The third kappa shape index (κ3) is 4.99. The van der Waals surface area contributed by atoms with Crippen molar-refractivity contribution in [1.82, 2.24) is 15.1 Å². The molecule has 0 saturated heterocycles. The smallest absolute Gasteiger partial charge is 0.0597 e. The van der Waals surface area contributed by atoms with E-state index in [1.807, 2.05) is 0 Å². The number of rotatable bonds is 7. The summed E-state index contributed by atoms with van der Waals surface area (Å²) in [6.45, 7) is 7.14. The maximum Gasteiger partial charge on any atom is 0.0597 e. The van der Waals surface area contributed by atoms with Crippen LogP contribution in [0.15, 0.2) is 36.4 Å². The minimum absolute atomic E-state index is 0. The third-order valence-corrected chi connectivity index (χ3v) is 3.16. The number of aryl methyl sites for hydroxylation is 2. The summed E-state index contributed by atoms with van der Waals surface area (Å²) in [7, 11) is 0. The van der Waals surface area contributed by atoms with Gasteiger partial charge in [0.1, 0.15) is 0 Å². The molecule has 0 aliphatic carbocycles. The van der Waals surface area contributed by atoms with Crippen LogP contribution in [0.1, 0.15) is 30.3 Å². The summed E-state index contributed by atoms with van der Waals surface area (Å²) in [5.41, 5.74) is 3.77. The zero-order valence-corrected chi connectivity index (χ0v) is 13.1. The Hall–Kier alpha value is -1.32. The molecule has 0 atom stereocenters. The summed E-state index contributed by atoms with van der Waals surface area (Å²) < 4.78 is 2.12. The van der Waals surface area contributed by atoms with Gasteiger partial charge in [-0.15, -0.1) is 12.4 Å². The normalized spacial score (nSPS) is 10.3. The van der Waals surface area contributed by atoms with Crippen molar-refractivity contribution in [3.8, 4) is 0 Å². The van der Waals surface area contributed by atoms with Gasteiger partial charge in [0.05, 0.1) is 11.4 Å². The van der Waals surface area contributed by atoms with E-state index >= 15 is 0 Å². The van der Waals surface area contributed by atoms with Gasteiger partial charge >= 0.3 is 0 Å². The van der Waals surface area contributed by atoms with Crippen molar-refractivity contribution < 1.29 is 0 Å². The number of benzene rings is 1. The predicted molar refractivity (Wildman–Crippen MR) is 86.4 cm³/mol. The van der Waals surface area contributed by atoms with E-state index in [4.69, 9.17) is 0 Å². The number of halogens is 1. The van der Waals surface area contributed by atoms with Gasteiger partial charge in [0.25, 0.3) is 0 Å².